The normalized spacial score (nSPS) is 11.3. The summed E-state index contributed by atoms with van der Waals surface area (Å²) in [4.78, 5) is 10.5. The number of hydrogen-bond donors (Lipinski definition) is 1. The smallest absolute Gasteiger partial charge is 0.293 e. The van der Waals surface area contributed by atoms with Crippen LogP contribution < -0.4 is 5.32 Å². The van der Waals surface area contributed by atoms with E-state index in [0.717, 1.165) is 17.9 Å². The number of sulfone groups is 1. The Balaban J connectivity index is 2.43. The number of thioether (sulfide) groups is 1. The molecule has 0 saturated heterocycles. The minimum Gasteiger partial charge on any atom is -0.350 e. The molecular formula is C15H15ClN2O4S2. The zero-order valence-electron chi connectivity index (χ0n) is 12.9. The Morgan fingerprint density at radius 3 is 2.54 bits per heavy atom. The molecule has 2 rings (SSSR count). The lowest BCUT2D eigenvalue weighted by atomic mass is 10.2. The molecule has 0 radical (unpaired) electrons. The van der Waals surface area contributed by atoms with Gasteiger partial charge in [0.05, 0.1) is 9.82 Å². The van der Waals surface area contributed by atoms with Crippen LogP contribution in [-0.4, -0.2) is 25.9 Å². The summed E-state index contributed by atoms with van der Waals surface area (Å²) in [7, 11) is -3.52. The van der Waals surface area contributed by atoms with Crippen LogP contribution in [0.4, 0.5) is 17.1 Å². The van der Waals surface area contributed by atoms with Gasteiger partial charge in [-0.2, -0.15) is 11.8 Å². The minimum atomic E-state index is -3.52. The molecule has 0 amide bonds. The number of nitro groups is 1. The predicted octanol–water partition coefficient (Wildman–Crippen LogP) is 4.26. The number of rotatable bonds is 6. The summed E-state index contributed by atoms with van der Waals surface area (Å²) < 4.78 is 23.1. The first-order valence-electron chi connectivity index (χ1n) is 6.75. The van der Waals surface area contributed by atoms with Crippen molar-refractivity contribution in [3.8, 4) is 0 Å². The van der Waals surface area contributed by atoms with Gasteiger partial charge in [-0.3, -0.25) is 10.1 Å². The molecule has 0 unspecified atom stereocenters. The molecule has 0 aliphatic heterocycles. The van der Waals surface area contributed by atoms with Crippen LogP contribution in [0.25, 0.3) is 0 Å². The first-order valence-corrected chi connectivity index (χ1v) is 10.4. The quantitative estimate of drug-likeness (QED) is 0.589. The first kappa shape index (κ1) is 18.6. The van der Waals surface area contributed by atoms with Gasteiger partial charge < -0.3 is 5.32 Å². The van der Waals surface area contributed by atoms with E-state index in [2.05, 4.69) is 5.32 Å². The Labute approximate surface area is 149 Å². The van der Waals surface area contributed by atoms with Gasteiger partial charge in [0.25, 0.3) is 5.69 Å². The fourth-order valence-corrected chi connectivity index (χ4v) is 3.53. The highest BCUT2D eigenvalue weighted by Crippen LogP contribution is 2.32. The van der Waals surface area contributed by atoms with Crippen molar-refractivity contribution in [2.75, 3.05) is 17.8 Å². The van der Waals surface area contributed by atoms with Crippen molar-refractivity contribution in [1.29, 1.82) is 0 Å². The van der Waals surface area contributed by atoms with Gasteiger partial charge in [-0.1, -0.05) is 11.6 Å². The van der Waals surface area contributed by atoms with Gasteiger partial charge in [-0.05, 0) is 42.2 Å². The number of anilines is 2. The van der Waals surface area contributed by atoms with Gasteiger partial charge in [0.1, 0.15) is 5.69 Å². The van der Waals surface area contributed by atoms with Crippen LogP contribution in [0.5, 0.6) is 0 Å². The number of halogens is 1. The average Bonchev–Trinajstić information content (AvgIpc) is 2.50. The van der Waals surface area contributed by atoms with E-state index in [0.29, 0.717) is 16.5 Å². The fraction of sp³-hybridized carbons (Fsp3) is 0.200. The third-order valence-electron chi connectivity index (χ3n) is 3.22. The highest BCUT2D eigenvalue weighted by molar-refractivity contribution is 7.97. The van der Waals surface area contributed by atoms with Crippen molar-refractivity contribution in [2.45, 2.75) is 10.6 Å². The molecule has 2 aromatic carbocycles. The average molecular weight is 387 g/mol. The van der Waals surface area contributed by atoms with Crippen LogP contribution in [0.15, 0.2) is 41.3 Å². The Kier molecular flexibility index (Phi) is 5.74. The van der Waals surface area contributed by atoms with Gasteiger partial charge in [0.2, 0.25) is 0 Å². The molecule has 9 heteroatoms. The van der Waals surface area contributed by atoms with E-state index in [1.54, 1.807) is 23.9 Å². The standard InChI is InChI=1S/C15H15ClN2O4S2/c1-23-9-10-7-11(3-5-13(10)16)17-14-6-4-12(24(2,21)22)8-15(14)18(19)20/h3-8,17H,9H2,1-2H3. The summed E-state index contributed by atoms with van der Waals surface area (Å²) in [5.74, 6) is 0.712. The molecule has 1 N–H and O–H groups in total. The number of nitro benzene ring substituents is 1. The van der Waals surface area contributed by atoms with Crippen molar-refractivity contribution < 1.29 is 13.3 Å². The molecule has 0 heterocycles. The predicted molar refractivity (Wildman–Crippen MR) is 98.2 cm³/mol. The Morgan fingerprint density at radius 2 is 1.96 bits per heavy atom. The molecule has 0 saturated carbocycles. The second kappa shape index (κ2) is 7.42. The van der Waals surface area contributed by atoms with E-state index in [-0.39, 0.29) is 16.3 Å². The van der Waals surface area contributed by atoms with Crippen LogP contribution in [0.2, 0.25) is 5.02 Å². The number of benzene rings is 2. The SMILES string of the molecule is CSCc1cc(Nc2ccc(S(C)(=O)=O)cc2[N+](=O)[O-])ccc1Cl. The summed E-state index contributed by atoms with van der Waals surface area (Å²) in [6, 6.07) is 9.01. The molecule has 0 aliphatic carbocycles. The van der Waals surface area contributed by atoms with Crippen LogP contribution in [0, 0.1) is 10.1 Å². The largest absolute Gasteiger partial charge is 0.350 e. The molecule has 0 aromatic heterocycles. The number of nitrogens with one attached hydrogen (secondary N) is 1. The summed E-state index contributed by atoms with van der Waals surface area (Å²) in [5.41, 5.74) is 1.45. The summed E-state index contributed by atoms with van der Waals surface area (Å²) in [6.07, 6.45) is 2.96. The van der Waals surface area contributed by atoms with E-state index in [1.165, 1.54) is 12.1 Å². The highest BCUT2D eigenvalue weighted by atomic mass is 35.5. The summed E-state index contributed by atoms with van der Waals surface area (Å²) in [6.45, 7) is 0. The Morgan fingerprint density at radius 1 is 1.25 bits per heavy atom. The maximum atomic E-state index is 11.6. The van der Waals surface area contributed by atoms with E-state index >= 15 is 0 Å². The highest BCUT2D eigenvalue weighted by Gasteiger charge is 2.19. The molecular weight excluding hydrogens is 372 g/mol. The lowest BCUT2D eigenvalue weighted by Crippen LogP contribution is -2.02. The molecule has 128 valence electrons. The van der Waals surface area contributed by atoms with Crippen molar-refractivity contribution in [3.05, 3.63) is 57.1 Å². The van der Waals surface area contributed by atoms with Crippen LogP contribution in [0.3, 0.4) is 0 Å². The van der Waals surface area contributed by atoms with Gasteiger partial charge in [-0.25, -0.2) is 8.42 Å². The van der Waals surface area contributed by atoms with Crippen molar-refractivity contribution in [1.82, 2.24) is 0 Å². The molecule has 0 aliphatic rings. The van der Waals surface area contributed by atoms with E-state index in [4.69, 9.17) is 11.6 Å². The number of nitrogens with zero attached hydrogens (tertiary/aromatic N) is 1. The first-order chi connectivity index (χ1) is 11.2. The molecule has 0 bridgehead atoms. The molecule has 2 aromatic rings. The van der Waals surface area contributed by atoms with Crippen molar-refractivity contribution in [2.24, 2.45) is 0 Å². The molecule has 24 heavy (non-hydrogen) atoms. The third-order valence-corrected chi connectivity index (χ3v) is 5.30. The second-order valence-corrected chi connectivity index (χ2v) is 8.36. The molecule has 6 nitrogen and oxygen atoms in total. The fourth-order valence-electron chi connectivity index (χ4n) is 2.07. The maximum Gasteiger partial charge on any atom is 0.293 e. The van der Waals surface area contributed by atoms with E-state index < -0.39 is 14.8 Å². The third kappa shape index (κ3) is 4.40. The van der Waals surface area contributed by atoms with Crippen LogP contribution in [-0.2, 0) is 15.6 Å². The minimum absolute atomic E-state index is 0.0982. The van der Waals surface area contributed by atoms with Gasteiger partial charge in [0, 0.05) is 28.8 Å². The topological polar surface area (TPSA) is 89.3 Å². The molecule has 0 atom stereocenters. The van der Waals surface area contributed by atoms with E-state index in [1.807, 2.05) is 12.3 Å². The monoisotopic (exact) mass is 386 g/mol. The zero-order chi connectivity index (χ0) is 17.9. The van der Waals surface area contributed by atoms with Crippen LogP contribution >= 0.6 is 23.4 Å². The van der Waals surface area contributed by atoms with Gasteiger partial charge >= 0.3 is 0 Å². The zero-order valence-corrected chi connectivity index (χ0v) is 15.3. The van der Waals surface area contributed by atoms with Crippen molar-refractivity contribution in [3.63, 3.8) is 0 Å². The lowest BCUT2D eigenvalue weighted by Gasteiger charge is -2.10. The van der Waals surface area contributed by atoms with E-state index in [9.17, 15) is 18.5 Å². The van der Waals surface area contributed by atoms with Crippen molar-refractivity contribution >= 4 is 50.3 Å². The van der Waals surface area contributed by atoms with Gasteiger partial charge in [0.15, 0.2) is 9.84 Å². The Bertz CT molecular complexity index is 885. The molecule has 0 fully saturated rings. The van der Waals surface area contributed by atoms with Crippen LogP contribution in [0.1, 0.15) is 5.56 Å². The molecule has 0 spiro atoms. The summed E-state index contributed by atoms with van der Waals surface area (Å²) >= 11 is 7.72. The second-order valence-electron chi connectivity index (χ2n) is 5.07. The number of hydrogen-bond acceptors (Lipinski definition) is 6. The maximum absolute atomic E-state index is 11.6. The lowest BCUT2D eigenvalue weighted by molar-refractivity contribution is -0.384. The summed E-state index contributed by atoms with van der Waals surface area (Å²) in [5, 5.41) is 14.8. The Hall–Kier alpha value is -1.77. The van der Waals surface area contributed by atoms with Gasteiger partial charge in [-0.15, -0.1) is 0 Å².